The first-order chi connectivity index (χ1) is 5.77. The van der Waals surface area contributed by atoms with Crippen LogP contribution in [0.1, 0.15) is 12.5 Å². The number of hydrogen-bond acceptors (Lipinski definition) is 3. The number of benzene rings is 1. The fourth-order valence-corrected chi connectivity index (χ4v) is 0.885. The zero-order valence-electron chi connectivity index (χ0n) is 7.07. The van der Waals surface area contributed by atoms with E-state index in [4.69, 9.17) is 4.74 Å². The second-order valence-corrected chi connectivity index (χ2v) is 2.41. The minimum atomic E-state index is 0.484. The van der Waals surface area contributed by atoms with Gasteiger partial charge in [-0.15, -0.1) is 0 Å². The lowest BCUT2D eigenvalue weighted by atomic mass is 10.1. The molecule has 3 nitrogen and oxygen atoms in total. The number of hydrogen-bond donors (Lipinski definition) is 0. The molecule has 0 saturated carbocycles. The summed E-state index contributed by atoms with van der Waals surface area (Å²) in [5, 5.41) is 13.0. The maximum atomic E-state index is 10.1. The number of rotatable bonds is 2. The molecule has 0 aromatic heterocycles. The standard InChI is InChI=1S/C9H11NO2/c1-7(10-11)8-3-5-9(12-2)6-4-8/h3-6,11H,1-2H3/p-1/b10-7-. The minimum Gasteiger partial charge on any atom is -0.792 e. The first-order valence-corrected chi connectivity index (χ1v) is 3.59. The quantitative estimate of drug-likeness (QED) is 0.495. The van der Waals surface area contributed by atoms with Crippen molar-refractivity contribution < 1.29 is 4.74 Å². The monoisotopic (exact) mass is 164 g/mol. The van der Waals surface area contributed by atoms with Gasteiger partial charge in [0.1, 0.15) is 5.75 Å². The van der Waals surface area contributed by atoms with E-state index in [-0.39, 0.29) is 0 Å². The third kappa shape index (κ3) is 1.75. The summed E-state index contributed by atoms with van der Waals surface area (Å²) in [4.78, 5) is 0. The van der Waals surface area contributed by atoms with E-state index < -0.39 is 0 Å². The van der Waals surface area contributed by atoms with Crippen LogP contribution in [-0.4, -0.2) is 12.8 Å². The van der Waals surface area contributed by atoms with Crippen molar-refractivity contribution in [3.05, 3.63) is 35.0 Å². The summed E-state index contributed by atoms with van der Waals surface area (Å²) in [7, 11) is 1.60. The lowest BCUT2D eigenvalue weighted by Crippen LogP contribution is -1.93. The fourth-order valence-electron chi connectivity index (χ4n) is 0.885. The van der Waals surface area contributed by atoms with E-state index in [2.05, 4.69) is 5.16 Å². The summed E-state index contributed by atoms with van der Waals surface area (Å²) in [5.41, 5.74) is 1.31. The van der Waals surface area contributed by atoms with Crippen LogP contribution in [0.15, 0.2) is 29.4 Å². The van der Waals surface area contributed by atoms with Crippen LogP contribution in [0.5, 0.6) is 5.75 Å². The van der Waals surface area contributed by atoms with Crippen LogP contribution in [0.4, 0.5) is 0 Å². The molecule has 0 aliphatic heterocycles. The van der Waals surface area contributed by atoms with Gasteiger partial charge in [-0.2, -0.15) is 0 Å². The van der Waals surface area contributed by atoms with Gasteiger partial charge in [0.2, 0.25) is 0 Å². The summed E-state index contributed by atoms with van der Waals surface area (Å²) in [6.45, 7) is 1.68. The van der Waals surface area contributed by atoms with Gasteiger partial charge in [-0.1, -0.05) is 0 Å². The molecule has 0 N–H and O–H groups in total. The number of ether oxygens (including phenoxy) is 1. The molecule has 0 heterocycles. The molecule has 0 bridgehead atoms. The van der Waals surface area contributed by atoms with Crippen LogP contribution in [-0.2, 0) is 0 Å². The number of nitrogens with zero attached hydrogens (tertiary/aromatic N) is 1. The molecule has 12 heavy (non-hydrogen) atoms. The van der Waals surface area contributed by atoms with Crippen molar-refractivity contribution in [2.45, 2.75) is 6.92 Å². The molecule has 0 fully saturated rings. The summed E-state index contributed by atoms with van der Waals surface area (Å²) in [5.74, 6) is 0.775. The Morgan fingerprint density at radius 2 is 1.92 bits per heavy atom. The van der Waals surface area contributed by atoms with E-state index in [1.807, 2.05) is 0 Å². The Kier molecular flexibility index (Phi) is 2.69. The van der Waals surface area contributed by atoms with Crippen molar-refractivity contribution in [2.24, 2.45) is 5.16 Å². The van der Waals surface area contributed by atoms with Crippen molar-refractivity contribution >= 4 is 5.71 Å². The smallest absolute Gasteiger partial charge is 0.118 e. The first-order valence-electron chi connectivity index (χ1n) is 3.59. The van der Waals surface area contributed by atoms with E-state index in [0.717, 1.165) is 11.3 Å². The van der Waals surface area contributed by atoms with E-state index in [1.54, 1.807) is 38.3 Å². The van der Waals surface area contributed by atoms with Crippen molar-refractivity contribution in [3.8, 4) is 5.75 Å². The highest BCUT2D eigenvalue weighted by Gasteiger charge is 1.94. The molecule has 1 rings (SSSR count). The van der Waals surface area contributed by atoms with Gasteiger partial charge in [0.15, 0.2) is 0 Å². The Morgan fingerprint density at radius 1 is 1.33 bits per heavy atom. The average Bonchev–Trinajstić information content (AvgIpc) is 2.17. The molecule has 64 valence electrons. The third-order valence-corrected chi connectivity index (χ3v) is 1.64. The van der Waals surface area contributed by atoms with Gasteiger partial charge < -0.3 is 15.1 Å². The first kappa shape index (κ1) is 8.59. The molecule has 0 unspecified atom stereocenters. The zero-order chi connectivity index (χ0) is 8.97. The maximum absolute atomic E-state index is 10.1. The van der Waals surface area contributed by atoms with Crippen LogP contribution in [0.2, 0.25) is 0 Å². The molecule has 1 aromatic rings. The molecule has 0 radical (unpaired) electrons. The predicted octanol–water partition coefficient (Wildman–Crippen LogP) is 2.00. The average molecular weight is 164 g/mol. The molecule has 0 atom stereocenters. The molecule has 0 aliphatic rings. The van der Waals surface area contributed by atoms with Gasteiger partial charge in [0.05, 0.1) is 7.11 Å². The van der Waals surface area contributed by atoms with Crippen LogP contribution >= 0.6 is 0 Å². The van der Waals surface area contributed by atoms with Crippen LogP contribution in [0.25, 0.3) is 0 Å². The van der Waals surface area contributed by atoms with Crippen LogP contribution in [0, 0.1) is 5.21 Å². The molecular weight excluding hydrogens is 154 g/mol. The lowest BCUT2D eigenvalue weighted by Gasteiger charge is -2.04. The Morgan fingerprint density at radius 3 is 2.33 bits per heavy atom. The highest BCUT2D eigenvalue weighted by molar-refractivity contribution is 5.98. The predicted molar refractivity (Wildman–Crippen MR) is 48.6 cm³/mol. The fraction of sp³-hybridized carbons (Fsp3) is 0.222. The van der Waals surface area contributed by atoms with Gasteiger partial charge in [0, 0.05) is 5.71 Å². The minimum absolute atomic E-state index is 0.484. The second-order valence-electron chi connectivity index (χ2n) is 2.41. The van der Waals surface area contributed by atoms with Crippen LogP contribution in [0.3, 0.4) is 0 Å². The van der Waals surface area contributed by atoms with Crippen molar-refractivity contribution in [2.75, 3.05) is 7.11 Å². The zero-order valence-corrected chi connectivity index (χ0v) is 7.07. The molecule has 1 aromatic carbocycles. The summed E-state index contributed by atoms with van der Waals surface area (Å²) in [6.07, 6.45) is 0. The molecule has 0 aliphatic carbocycles. The third-order valence-electron chi connectivity index (χ3n) is 1.64. The lowest BCUT2D eigenvalue weighted by molar-refractivity contribution is 0.415. The highest BCUT2D eigenvalue weighted by Crippen LogP contribution is 2.11. The molecule has 0 spiro atoms. The molecule has 3 heteroatoms. The van der Waals surface area contributed by atoms with Crippen molar-refractivity contribution in [1.29, 1.82) is 0 Å². The van der Waals surface area contributed by atoms with Crippen molar-refractivity contribution in [1.82, 2.24) is 0 Å². The van der Waals surface area contributed by atoms with Gasteiger partial charge in [0.25, 0.3) is 0 Å². The second kappa shape index (κ2) is 3.76. The van der Waals surface area contributed by atoms with E-state index in [9.17, 15) is 5.21 Å². The molecular formula is C9H10NO2-. The Balaban J connectivity index is 2.92. The summed E-state index contributed by atoms with van der Waals surface area (Å²) in [6, 6.07) is 7.19. The maximum Gasteiger partial charge on any atom is 0.118 e. The van der Waals surface area contributed by atoms with E-state index in [0.29, 0.717) is 5.71 Å². The summed E-state index contributed by atoms with van der Waals surface area (Å²) >= 11 is 0. The molecule has 0 amide bonds. The topological polar surface area (TPSA) is 44.6 Å². The van der Waals surface area contributed by atoms with Gasteiger partial charge in [-0.3, -0.25) is 0 Å². The Bertz CT molecular complexity index is 277. The SMILES string of the molecule is COc1ccc(/C(C)=N\[O-])cc1. The number of methoxy groups -OCH3 is 1. The van der Waals surface area contributed by atoms with Gasteiger partial charge >= 0.3 is 0 Å². The Labute approximate surface area is 71.3 Å². The normalized spacial score (nSPS) is 11.3. The molecule has 0 saturated heterocycles. The van der Waals surface area contributed by atoms with Gasteiger partial charge in [-0.05, 0) is 36.8 Å². The van der Waals surface area contributed by atoms with E-state index >= 15 is 0 Å². The van der Waals surface area contributed by atoms with Gasteiger partial charge in [-0.25, -0.2) is 0 Å². The van der Waals surface area contributed by atoms with Crippen molar-refractivity contribution in [3.63, 3.8) is 0 Å². The van der Waals surface area contributed by atoms with Crippen LogP contribution < -0.4 is 4.74 Å². The van der Waals surface area contributed by atoms with E-state index in [1.165, 1.54) is 0 Å². The summed E-state index contributed by atoms with van der Waals surface area (Å²) < 4.78 is 4.96. The largest absolute Gasteiger partial charge is 0.792 e. The highest BCUT2D eigenvalue weighted by atomic mass is 16.5. The Hall–Kier alpha value is -1.51.